The van der Waals surface area contributed by atoms with E-state index in [2.05, 4.69) is 9.88 Å². The highest BCUT2D eigenvalue weighted by atomic mass is 19.1. The van der Waals surface area contributed by atoms with Crippen LogP contribution in [-0.4, -0.2) is 41.3 Å². The van der Waals surface area contributed by atoms with Crippen molar-refractivity contribution in [3.05, 3.63) is 59.7 Å². The molecule has 1 aromatic heterocycles. The van der Waals surface area contributed by atoms with E-state index in [-0.39, 0.29) is 11.7 Å². The summed E-state index contributed by atoms with van der Waals surface area (Å²) in [5.74, 6) is 0.594. The molecule has 1 aromatic carbocycles. The van der Waals surface area contributed by atoms with Gasteiger partial charge in [-0.05, 0) is 36.7 Å². The average Bonchev–Trinajstić information content (AvgIpc) is 2.57. The third-order valence-electron chi connectivity index (χ3n) is 4.44. The van der Waals surface area contributed by atoms with Crippen LogP contribution in [-0.2, 0) is 6.54 Å². The number of aromatic nitrogens is 1. The van der Waals surface area contributed by atoms with Gasteiger partial charge in [0.1, 0.15) is 11.6 Å². The first-order chi connectivity index (χ1) is 11.2. The Kier molecular flexibility index (Phi) is 4.88. The van der Waals surface area contributed by atoms with Crippen LogP contribution < -0.4 is 4.74 Å². The van der Waals surface area contributed by atoms with Gasteiger partial charge in [-0.2, -0.15) is 0 Å². The first-order valence-corrected chi connectivity index (χ1v) is 7.80. The fraction of sp³-hybridized carbons (Fsp3) is 0.389. The summed E-state index contributed by atoms with van der Waals surface area (Å²) in [4.78, 5) is 5.85. The number of pyridine rings is 1. The van der Waals surface area contributed by atoms with Crippen LogP contribution in [0.25, 0.3) is 0 Å². The number of methoxy groups -OCH3 is 1. The number of rotatable bonds is 4. The number of hydrogen-bond acceptors (Lipinski definition) is 4. The molecule has 0 spiro atoms. The molecular formula is C18H21FN2O2. The highest BCUT2D eigenvalue weighted by Crippen LogP contribution is 2.31. The summed E-state index contributed by atoms with van der Waals surface area (Å²) in [6, 6.07) is 9.54. The first kappa shape index (κ1) is 15.9. The van der Waals surface area contributed by atoms with Gasteiger partial charge in [0.25, 0.3) is 0 Å². The Hall–Kier alpha value is -1.98. The highest BCUT2D eigenvalue weighted by molar-refractivity contribution is 5.32. The maximum Gasteiger partial charge on any atom is 0.145 e. The van der Waals surface area contributed by atoms with Crippen molar-refractivity contribution in [3.8, 4) is 5.75 Å². The van der Waals surface area contributed by atoms with E-state index < -0.39 is 6.10 Å². The fourth-order valence-corrected chi connectivity index (χ4v) is 3.17. The third kappa shape index (κ3) is 3.68. The van der Waals surface area contributed by atoms with Crippen LogP contribution in [0.2, 0.25) is 0 Å². The lowest BCUT2D eigenvalue weighted by Crippen LogP contribution is -2.42. The van der Waals surface area contributed by atoms with Gasteiger partial charge < -0.3 is 9.84 Å². The van der Waals surface area contributed by atoms with Crippen LogP contribution in [0.1, 0.15) is 23.5 Å². The summed E-state index contributed by atoms with van der Waals surface area (Å²) in [5, 5.41) is 10.5. The standard InChI is InChI=1S/C18H21FN2O2/c1-23-15-4-2-3-13(9-15)16-6-8-21(12-18(16)22)11-14-5-7-20-10-17(14)19/h2-5,7,9-10,16,18,22H,6,8,11-12H2,1H3/t16-,18+/m0/s1. The van der Waals surface area contributed by atoms with E-state index in [1.165, 1.54) is 6.20 Å². The van der Waals surface area contributed by atoms with Crippen molar-refractivity contribution in [2.24, 2.45) is 0 Å². The minimum Gasteiger partial charge on any atom is -0.497 e. The van der Waals surface area contributed by atoms with E-state index in [4.69, 9.17) is 4.74 Å². The number of piperidine rings is 1. The molecule has 0 radical (unpaired) electrons. The van der Waals surface area contributed by atoms with Crippen LogP contribution in [0.5, 0.6) is 5.75 Å². The Morgan fingerprint density at radius 1 is 1.39 bits per heavy atom. The van der Waals surface area contributed by atoms with Crippen LogP contribution >= 0.6 is 0 Å². The molecule has 1 saturated heterocycles. The SMILES string of the molecule is COc1cccc([C@@H]2CCN(Cc3ccncc3F)C[C@H]2O)c1. The molecule has 1 aliphatic rings. The van der Waals surface area contributed by atoms with E-state index in [0.717, 1.165) is 24.3 Å². The molecule has 0 bridgehead atoms. The van der Waals surface area contributed by atoms with Crippen molar-refractivity contribution < 1.29 is 14.2 Å². The molecule has 0 unspecified atom stereocenters. The topological polar surface area (TPSA) is 45.6 Å². The highest BCUT2D eigenvalue weighted by Gasteiger charge is 2.29. The van der Waals surface area contributed by atoms with Crippen molar-refractivity contribution in [2.45, 2.75) is 25.0 Å². The maximum atomic E-state index is 13.7. The number of likely N-dealkylation sites (tertiary alicyclic amines) is 1. The molecule has 5 heteroatoms. The number of ether oxygens (including phenoxy) is 1. The van der Waals surface area contributed by atoms with Gasteiger partial charge in [-0.1, -0.05) is 12.1 Å². The second-order valence-electron chi connectivity index (χ2n) is 5.94. The zero-order valence-electron chi connectivity index (χ0n) is 13.2. The molecule has 23 heavy (non-hydrogen) atoms. The van der Waals surface area contributed by atoms with E-state index >= 15 is 0 Å². The second-order valence-corrected chi connectivity index (χ2v) is 5.94. The molecule has 0 amide bonds. The molecule has 3 rings (SSSR count). The Labute approximate surface area is 135 Å². The summed E-state index contributed by atoms with van der Waals surface area (Å²) in [5.41, 5.74) is 1.71. The quantitative estimate of drug-likeness (QED) is 0.942. The average molecular weight is 316 g/mol. The summed E-state index contributed by atoms with van der Waals surface area (Å²) in [6.07, 6.45) is 3.19. The minimum atomic E-state index is -0.472. The number of aliphatic hydroxyl groups excluding tert-OH is 1. The number of aliphatic hydroxyl groups is 1. The Balaban J connectivity index is 1.66. The van der Waals surface area contributed by atoms with E-state index in [1.807, 2.05) is 24.3 Å². The molecule has 1 N–H and O–H groups in total. The predicted octanol–water partition coefficient (Wildman–Crippen LogP) is 2.58. The fourth-order valence-electron chi connectivity index (χ4n) is 3.17. The molecule has 2 aromatic rings. The predicted molar refractivity (Wildman–Crippen MR) is 85.8 cm³/mol. The van der Waals surface area contributed by atoms with Crippen LogP contribution in [0.3, 0.4) is 0 Å². The summed E-state index contributed by atoms with van der Waals surface area (Å²) in [6.45, 7) is 1.85. The largest absolute Gasteiger partial charge is 0.497 e. The van der Waals surface area contributed by atoms with Gasteiger partial charge in [0.2, 0.25) is 0 Å². The molecule has 4 nitrogen and oxygen atoms in total. The summed E-state index contributed by atoms with van der Waals surface area (Å²) >= 11 is 0. The van der Waals surface area contributed by atoms with E-state index in [1.54, 1.807) is 19.4 Å². The molecular weight excluding hydrogens is 295 g/mol. The van der Waals surface area contributed by atoms with Gasteiger partial charge in [-0.15, -0.1) is 0 Å². The van der Waals surface area contributed by atoms with Crippen molar-refractivity contribution in [1.29, 1.82) is 0 Å². The number of halogens is 1. The second kappa shape index (κ2) is 7.06. The number of benzene rings is 1. The van der Waals surface area contributed by atoms with Crippen LogP contribution in [0.4, 0.5) is 4.39 Å². The van der Waals surface area contributed by atoms with Crippen molar-refractivity contribution in [3.63, 3.8) is 0 Å². The smallest absolute Gasteiger partial charge is 0.145 e. The zero-order chi connectivity index (χ0) is 16.2. The summed E-state index contributed by atoms with van der Waals surface area (Å²) < 4.78 is 19.0. The van der Waals surface area contributed by atoms with Crippen LogP contribution in [0.15, 0.2) is 42.7 Å². The lowest BCUT2D eigenvalue weighted by Gasteiger charge is -2.36. The molecule has 1 fully saturated rings. The lowest BCUT2D eigenvalue weighted by molar-refractivity contribution is 0.0471. The maximum absolute atomic E-state index is 13.7. The lowest BCUT2D eigenvalue weighted by atomic mass is 9.87. The van der Waals surface area contributed by atoms with Gasteiger partial charge in [-0.3, -0.25) is 9.88 Å². The van der Waals surface area contributed by atoms with Crippen molar-refractivity contribution in [2.75, 3.05) is 20.2 Å². The Bertz CT molecular complexity index is 665. The molecule has 2 heterocycles. The molecule has 122 valence electrons. The van der Waals surface area contributed by atoms with Gasteiger partial charge in [0.05, 0.1) is 19.4 Å². The zero-order valence-corrected chi connectivity index (χ0v) is 13.2. The van der Waals surface area contributed by atoms with Crippen LogP contribution in [0, 0.1) is 5.82 Å². The normalized spacial score (nSPS) is 22.0. The van der Waals surface area contributed by atoms with Gasteiger partial charge in [0, 0.05) is 30.8 Å². The monoisotopic (exact) mass is 316 g/mol. The Morgan fingerprint density at radius 2 is 2.26 bits per heavy atom. The third-order valence-corrected chi connectivity index (χ3v) is 4.44. The van der Waals surface area contributed by atoms with E-state index in [9.17, 15) is 9.50 Å². The Morgan fingerprint density at radius 3 is 3.00 bits per heavy atom. The number of β-amino-alcohol motifs (C(OH)–C–C–N with tert-alkyl or cyclic N) is 1. The van der Waals surface area contributed by atoms with Crippen molar-refractivity contribution >= 4 is 0 Å². The minimum absolute atomic E-state index is 0.0867. The summed E-state index contributed by atoms with van der Waals surface area (Å²) in [7, 11) is 1.64. The first-order valence-electron chi connectivity index (χ1n) is 7.80. The molecule has 2 atom stereocenters. The van der Waals surface area contributed by atoms with Gasteiger partial charge in [-0.25, -0.2) is 4.39 Å². The molecule has 0 aliphatic carbocycles. The number of nitrogens with zero attached hydrogens (tertiary/aromatic N) is 2. The number of hydrogen-bond donors (Lipinski definition) is 1. The van der Waals surface area contributed by atoms with Gasteiger partial charge >= 0.3 is 0 Å². The molecule has 1 aliphatic heterocycles. The van der Waals surface area contributed by atoms with Crippen molar-refractivity contribution in [1.82, 2.24) is 9.88 Å². The van der Waals surface area contributed by atoms with E-state index in [0.29, 0.717) is 18.7 Å². The molecule has 0 saturated carbocycles. The van der Waals surface area contributed by atoms with Gasteiger partial charge in [0.15, 0.2) is 0 Å².